The molecule has 0 spiro atoms. The molecule has 0 saturated heterocycles. The van der Waals surface area contributed by atoms with Gasteiger partial charge in [-0.15, -0.1) is 0 Å². The SMILES string of the molecule is CCCC1CCC(OCCCC2CCC(c3cc4c(c(F)c3C)OC(CC)CC4)CC2)CC1. The molecule has 2 saturated carbocycles. The third-order valence-corrected chi connectivity index (χ3v) is 8.95. The Hall–Kier alpha value is -1.09. The van der Waals surface area contributed by atoms with Gasteiger partial charge in [-0.1, -0.05) is 32.8 Å². The molecule has 3 aliphatic rings. The Bertz CT molecular complexity index is 744. The van der Waals surface area contributed by atoms with E-state index in [9.17, 15) is 0 Å². The fourth-order valence-electron chi connectivity index (χ4n) is 6.75. The van der Waals surface area contributed by atoms with E-state index in [2.05, 4.69) is 19.9 Å². The molecule has 2 nitrogen and oxygen atoms in total. The van der Waals surface area contributed by atoms with E-state index in [-0.39, 0.29) is 11.9 Å². The van der Waals surface area contributed by atoms with Gasteiger partial charge < -0.3 is 9.47 Å². The lowest BCUT2D eigenvalue weighted by molar-refractivity contribution is 0.0135. The van der Waals surface area contributed by atoms with Crippen molar-refractivity contribution in [2.75, 3.05) is 6.61 Å². The maximum Gasteiger partial charge on any atom is 0.168 e. The predicted octanol–water partition coefficient (Wildman–Crippen LogP) is 8.67. The van der Waals surface area contributed by atoms with Crippen molar-refractivity contribution in [3.05, 3.63) is 28.6 Å². The van der Waals surface area contributed by atoms with Crippen molar-refractivity contribution in [3.63, 3.8) is 0 Å². The minimum absolute atomic E-state index is 0.0938. The molecule has 1 aliphatic heterocycles. The van der Waals surface area contributed by atoms with E-state index < -0.39 is 0 Å². The summed E-state index contributed by atoms with van der Waals surface area (Å²) < 4.78 is 27.4. The Morgan fingerprint density at radius 2 is 1.64 bits per heavy atom. The number of benzene rings is 1. The van der Waals surface area contributed by atoms with Crippen molar-refractivity contribution in [1.82, 2.24) is 0 Å². The second-order valence-electron chi connectivity index (χ2n) is 11.2. The average molecular weight is 459 g/mol. The Morgan fingerprint density at radius 1 is 0.939 bits per heavy atom. The van der Waals surface area contributed by atoms with Crippen molar-refractivity contribution in [3.8, 4) is 5.75 Å². The second-order valence-corrected chi connectivity index (χ2v) is 11.2. The summed E-state index contributed by atoms with van der Waals surface area (Å²) in [4.78, 5) is 0. The molecular formula is C30H47FO2. The van der Waals surface area contributed by atoms with Crippen LogP contribution in [0.1, 0.15) is 126 Å². The first-order chi connectivity index (χ1) is 16.1. The van der Waals surface area contributed by atoms with Gasteiger partial charge in [-0.2, -0.15) is 0 Å². The van der Waals surface area contributed by atoms with Crippen LogP contribution >= 0.6 is 0 Å². The van der Waals surface area contributed by atoms with Crippen LogP contribution in [0.2, 0.25) is 0 Å². The molecule has 4 rings (SSSR count). The van der Waals surface area contributed by atoms with E-state index in [1.807, 2.05) is 6.92 Å². The van der Waals surface area contributed by atoms with Crippen molar-refractivity contribution < 1.29 is 13.9 Å². The topological polar surface area (TPSA) is 18.5 Å². The highest BCUT2D eigenvalue weighted by Crippen LogP contribution is 2.43. The first kappa shape index (κ1) is 25.0. The Balaban J connectivity index is 1.19. The second kappa shape index (κ2) is 12.0. The number of hydrogen-bond acceptors (Lipinski definition) is 2. The van der Waals surface area contributed by atoms with E-state index in [4.69, 9.17) is 9.47 Å². The highest BCUT2D eigenvalue weighted by Gasteiger charge is 2.29. The summed E-state index contributed by atoms with van der Waals surface area (Å²) in [5.74, 6) is 2.74. The van der Waals surface area contributed by atoms with Gasteiger partial charge in [-0.05, 0) is 125 Å². The fraction of sp³-hybridized carbons (Fsp3) is 0.800. The fourth-order valence-corrected chi connectivity index (χ4v) is 6.75. The smallest absolute Gasteiger partial charge is 0.168 e. The van der Waals surface area contributed by atoms with E-state index in [0.717, 1.165) is 48.8 Å². The number of hydrogen-bond donors (Lipinski definition) is 0. The van der Waals surface area contributed by atoms with Crippen LogP contribution in [0.5, 0.6) is 5.75 Å². The standard InChI is InChI=1S/C30H47FO2/c1-4-7-22-11-16-27(17-12-22)32-19-6-8-23-9-13-24(14-10-23)28-20-25-15-18-26(5-2)33-30(25)29(31)21(28)3/h20,22-24,26-27H,4-19H2,1-3H3. The van der Waals surface area contributed by atoms with Gasteiger partial charge in [-0.3, -0.25) is 0 Å². The number of aryl methyl sites for hydroxylation is 1. The number of ether oxygens (including phenoxy) is 2. The number of rotatable bonds is 9. The van der Waals surface area contributed by atoms with Crippen LogP contribution in [0.15, 0.2) is 6.07 Å². The molecular weight excluding hydrogens is 411 g/mol. The molecule has 1 heterocycles. The Labute approximate surface area is 202 Å². The van der Waals surface area contributed by atoms with Crippen molar-refractivity contribution >= 4 is 0 Å². The van der Waals surface area contributed by atoms with Gasteiger partial charge in [-0.25, -0.2) is 4.39 Å². The molecule has 186 valence electrons. The van der Waals surface area contributed by atoms with E-state index >= 15 is 4.39 Å². The molecule has 0 bridgehead atoms. The van der Waals surface area contributed by atoms with Crippen LogP contribution < -0.4 is 4.74 Å². The summed E-state index contributed by atoms with van der Waals surface area (Å²) >= 11 is 0. The number of halogens is 1. The molecule has 1 aromatic rings. The summed E-state index contributed by atoms with van der Waals surface area (Å²) in [5.41, 5.74) is 3.18. The molecule has 0 N–H and O–H groups in total. The largest absolute Gasteiger partial charge is 0.487 e. The first-order valence-corrected chi connectivity index (χ1v) is 14.2. The lowest BCUT2D eigenvalue weighted by Crippen LogP contribution is -2.24. The molecule has 2 fully saturated rings. The molecule has 1 unspecified atom stereocenters. The van der Waals surface area contributed by atoms with Gasteiger partial charge in [0, 0.05) is 6.61 Å². The van der Waals surface area contributed by atoms with Gasteiger partial charge in [0.25, 0.3) is 0 Å². The highest BCUT2D eigenvalue weighted by atomic mass is 19.1. The van der Waals surface area contributed by atoms with Crippen LogP contribution in [0.3, 0.4) is 0 Å². The van der Waals surface area contributed by atoms with Crippen molar-refractivity contribution in [1.29, 1.82) is 0 Å². The minimum Gasteiger partial charge on any atom is -0.487 e. The maximum atomic E-state index is 15.2. The average Bonchev–Trinajstić information content (AvgIpc) is 2.85. The van der Waals surface area contributed by atoms with Crippen LogP contribution in [-0.2, 0) is 11.2 Å². The summed E-state index contributed by atoms with van der Waals surface area (Å²) in [5, 5.41) is 0. The molecule has 2 aliphatic carbocycles. The van der Waals surface area contributed by atoms with Crippen LogP contribution in [0, 0.1) is 24.6 Å². The van der Waals surface area contributed by atoms with E-state index in [1.54, 1.807) is 0 Å². The zero-order valence-corrected chi connectivity index (χ0v) is 21.5. The number of fused-ring (bicyclic) bond motifs is 1. The molecule has 0 radical (unpaired) electrons. The van der Waals surface area contributed by atoms with Crippen molar-refractivity contribution in [2.45, 2.75) is 135 Å². The molecule has 0 aromatic heterocycles. The third-order valence-electron chi connectivity index (χ3n) is 8.95. The maximum absolute atomic E-state index is 15.2. The van der Waals surface area contributed by atoms with Crippen LogP contribution in [0.25, 0.3) is 0 Å². The zero-order chi connectivity index (χ0) is 23.2. The third kappa shape index (κ3) is 6.32. The van der Waals surface area contributed by atoms with Gasteiger partial charge >= 0.3 is 0 Å². The summed E-state index contributed by atoms with van der Waals surface area (Å²) in [6, 6.07) is 2.29. The molecule has 3 heteroatoms. The van der Waals surface area contributed by atoms with Gasteiger partial charge in [0.05, 0.1) is 12.2 Å². The molecule has 1 aromatic carbocycles. The summed E-state index contributed by atoms with van der Waals surface area (Å²) in [6.45, 7) is 7.33. The van der Waals surface area contributed by atoms with Gasteiger partial charge in [0.2, 0.25) is 0 Å². The predicted molar refractivity (Wildman–Crippen MR) is 135 cm³/mol. The molecule has 33 heavy (non-hydrogen) atoms. The molecule has 0 amide bonds. The highest BCUT2D eigenvalue weighted by molar-refractivity contribution is 5.46. The summed E-state index contributed by atoms with van der Waals surface area (Å²) in [6.07, 6.45) is 19.1. The lowest BCUT2D eigenvalue weighted by atomic mass is 9.75. The van der Waals surface area contributed by atoms with E-state index in [1.165, 1.54) is 82.6 Å². The monoisotopic (exact) mass is 458 g/mol. The van der Waals surface area contributed by atoms with E-state index in [0.29, 0.717) is 17.8 Å². The Kier molecular flexibility index (Phi) is 9.13. The van der Waals surface area contributed by atoms with Crippen LogP contribution in [-0.4, -0.2) is 18.8 Å². The van der Waals surface area contributed by atoms with Gasteiger partial charge in [0.15, 0.2) is 11.6 Å². The first-order valence-electron chi connectivity index (χ1n) is 14.2. The zero-order valence-electron chi connectivity index (χ0n) is 21.5. The lowest BCUT2D eigenvalue weighted by Gasteiger charge is -2.32. The van der Waals surface area contributed by atoms with Crippen LogP contribution in [0.4, 0.5) is 4.39 Å². The Morgan fingerprint density at radius 3 is 2.33 bits per heavy atom. The normalized spacial score (nSPS) is 30.0. The van der Waals surface area contributed by atoms with Gasteiger partial charge in [0.1, 0.15) is 0 Å². The minimum atomic E-state index is -0.0938. The summed E-state index contributed by atoms with van der Waals surface area (Å²) in [7, 11) is 0. The quantitative estimate of drug-likeness (QED) is 0.345. The molecule has 1 atom stereocenters. The van der Waals surface area contributed by atoms with Crippen molar-refractivity contribution in [2.24, 2.45) is 11.8 Å².